The second kappa shape index (κ2) is 6.10. The number of halogens is 2. The van der Waals surface area contributed by atoms with Gasteiger partial charge < -0.3 is 16.3 Å². The number of anilines is 1. The van der Waals surface area contributed by atoms with E-state index in [1.54, 1.807) is 0 Å². The third kappa shape index (κ3) is 4.02. The molecule has 1 aromatic carbocycles. The molecule has 6 heteroatoms. The van der Waals surface area contributed by atoms with Crippen molar-refractivity contribution in [3.05, 3.63) is 27.1 Å². The first-order chi connectivity index (χ1) is 7.52. The van der Waals surface area contributed by atoms with Gasteiger partial charge in [0.05, 0.1) is 0 Å². The van der Waals surface area contributed by atoms with Crippen molar-refractivity contribution >= 4 is 43.4 Å². The van der Waals surface area contributed by atoms with Crippen molar-refractivity contribution < 1.29 is 5.21 Å². The molecule has 0 amide bonds. The molecule has 1 atom stereocenters. The molecule has 16 heavy (non-hydrogen) atoms. The normalized spacial score (nSPS) is 13.6. The molecule has 0 heterocycles. The molecule has 0 bridgehead atoms. The summed E-state index contributed by atoms with van der Waals surface area (Å²) < 4.78 is 1.97. The van der Waals surface area contributed by atoms with E-state index in [-0.39, 0.29) is 11.9 Å². The van der Waals surface area contributed by atoms with E-state index in [0.29, 0.717) is 6.42 Å². The average molecular weight is 351 g/mol. The van der Waals surface area contributed by atoms with Gasteiger partial charge in [-0.15, -0.1) is 0 Å². The summed E-state index contributed by atoms with van der Waals surface area (Å²) in [5.74, 6) is 0.214. The number of rotatable bonds is 4. The Bertz CT molecular complexity index is 396. The van der Waals surface area contributed by atoms with Crippen molar-refractivity contribution in [3.63, 3.8) is 0 Å². The zero-order valence-corrected chi connectivity index (χ0v) is 11.9. The highest BCUT2D eigenvalue weighted by atomic mass is 79.9. The summed E-state index contributed by atoms with van der Waals surface area (Å²) in [6, 6.07) is 5.94. The molecule has 4 N–H and O–H groups in total. The van der Waals surface area contributed by atoms with Crippen molar-refractivity contribution in [2.45, 2.75) is 19.4 Å². The molecule has 0 aliphatic carbocycles. The number of hydrogen-bond acceptors (Lipinski definition) is 3. The number of nitrogens with two attached hydrogens (primary N) is 1. The maximum atomic E-state index is 8.47. The minimum atomic E-state index is 0.0847. The number of nitrogens with zero attached hydrogens (tertiary/aromatic N) is 1. The first kappa shape index (κ1) is 13.3. The van der Waals surface area contributed by atoms with E-state index in [0.717, 1.165) is 14.6 Å². The van der Waals surface area contributed by atoms with E-state index < -0.39 is 0 Å². The molecule has 0 spiro atoms. The maximum absolute atomic E-state index is 8.47. The van der Waals surface area contributed by atoms with E-state index in [4.69, 9.17) is 10.9 Å². The van der Waals surface area contributed by atoms with E-state index in [9.17, 15) is 0 Å². The predicted octanol–water partition coefficient (Wildman–Crippen LogP) is 3.15. The van der Waals surface area contributed by atoms with Gasteiger partial charge >= 0.3 is 0 Å². The van der Waals surface area contributed by atoms with Crippen LogP contribution in [0.4, 0.5) is 5.69 Å². The quantitative estimate of drug-likeness (QED) is 0.338. The average Bonchev–Trinajstić information content (AvgIpc) is 2.23. The smallest absolute Gasteiger partial charge is 0.141 e. The van der Waals surface area contributed by atoms with E-state index in [1.807, 2.05) is 25.1 Å². The van der Waals surface area contributed by atoms with Crippen molar-refractivity contribution in [1.29, 1.82) is 0 Å². The fourth-order valence-electron chi connectivity index (χ4n) is 1.28. The van der Waals surface area contributed by atoms with E-state index in [2.05, 4.69) is 42.3 Å². The van der Waals surface area contributed by atoms with Crippen molar-refractivity contribution in [1.82, 2.24) is 0 Å². The molecule has 0 aliphatic rings. The lowest BCUT2D eigenvalue weighted by Crippen LogP contribution is -2.24. The Kier molecular flexibility index (Phi) is 5.08. The molecule has 0 saturated carbocycles. The lowest BCUT2D eigenvalue weighted by molar-refractivity contribution is 0.316. The summed E-state index contributed by atoms with van der Waals surface area (Å²) in [6.45, 7) is 1.96. The molecular formula is C10H13Br2N3O. The van der Waals surface area contributed by atoms with Crippen LogP contribution in [0.3, 0.4) is 0 Å². The zero-order chi connectivity index (χ0) is 12.1. The molecule has 1 aromatic rings. The highest BCUT2D eigenvalue weighted by Gasteiger charge is 2.07. The number of oxime groups is 1. The molecule has 4 nitrogen and oxygen atoms in total. The van der Waals surface area contributed by atoms with Crippen LogP contribution in [0.2, 0.25) is 0 Å². The van der Waals surface area contributed by atoms with Crippen LogP contribution in [0, 0.1) is 0 Å². The Morgan fingerprint density at radius 1 is 1.56 bits per heavy atom. The van der Waals surface area contributed by atoms with Gasteiger partial charge in [-0.05, 0) is 41.1 Å². The fourth-order valence-corrected chi connectivity index (χ4v) is 2.00. The highest BCUT2D eigenvalue weighted by Crippen LogP contribution is 2.26. The van der Waals surface area contributed by atoms with Gasteiger partial charge in [-0.2, -0.15) is 0 Å². The van der Waals surface area contributed by atoms with Crippen LogP contribution < -0.4 is 11.1 Å². The summed E-state index contributed by atoms with van der Waals surface area (Å²) in [5.41, 5.74) is 6.40. The van der Waals surface area contributed by atoms with Crippen molar-refractivity contribution in [3.8, 4) is 0 Å². The molecule has 88 valence electrons. The second-order valence-corrected chi connectivity index (χ2v) is 5.24. The summed E-state index contributed by atoms with van der Waals surface area (Å²) >= 11 is 6.85. The number of benzene rings is 1. The number of amidine groups is 1. The van der Waals surface area contributed by atoms with Crippen molar-refractivity contribution in [2.24, 2.45) is 10.9 Å². The standard InChI is InChI=1S/C10H13Br2N3O/c1-6(4-10(13)15-16)14-9-5-7(11)2-3-8(9)12/h2-3,5-6,14,16H,4H2,1H3,(H2,13,15). The minimum Gasteiger partial charge on any atom is -0.409 e. The molecular weight excluding hydrogens is 338 g/mol. The van der Waals surface area contributed by atoms with Gasteiger partial charge in [0.15, 0.2) is 0 Å². The highest BCUT2D eigenvalue weighted by molar-refractivity contribution is 9.11. The summed E-state index contributed by atoms with van der Waals surface area (Å²) in [6.07, 6.45) is 0.482. The van der Waals surface area contributed by atoms with Crippen LogP contribution in [-0.2, 0) is 0 Å². The number of hydrogen-bond donors (Lipinski definition) is 3. The Labute approximate surface area is 111 Å². The van der Waals surface area contributed by atoms with Crippen LogP contribution in [0.15, 0.2) is 32.3 Å². The van der Waals surface area contributed by atoms with Gasteiger partial charge in [-0.3, -0.25) is 0 Å². The van der Waals surface area contributed by atoms with Crippen LogP contribution in [0.1, 0.15) is 13.3 Å². The summed E-state index contributed by atoms with van der Waals surface area (Å²) in [7, 11) is 0. The Morgan fingerprint density at radius 3 is 2.88 bits per heavy atom. The molecule has 0 fully saturated rings. The largest absolute Gasteiger partial charge is 0.409 e. The van der Waals surface area contributed by atoms with Crippen molar-refractivity contribution in [2.75, 3.05) is 5.32 Å². The Morgan fingerprint density at radius 2 is 2.25 bits per heavy atom. The van der Waals surface area contributed by atoms with Crippen LogP contribution >= 0.6 is 31.9 Å². The lowest BCUT2D eigenvalue weighted by Gasteiger charge is -2.15. The monoisotopic (exact) mass is 349 g/mol. The molecule has 1 unspecified atom stereocenters. The van der Waals surface area contributed by atoms with Gasteiger partial charge in [-0.1, -0.05) is 21.1 Å². The molecule has 0 aromatic heterocycles. The van der Waals surface area contributed by atoms with Crippen LogP contribution in [-0.4, -0.2) is 17.1 Å². The number of nitrogens with one attached hydrogen (secondary N) is 1. The Balaban J connectivity index is 2.69. The van der Waals surface area contributed by atoms with Crippen LogP contribution in [0.5, 0.6) is 0 Å². The van der Waals surface area contributed by atoms with Gasteiger partial charge in [0.25, 0.3) is 0 Å². The topological polar surface area (TPSA) is 70.6 Å². The predicted molar refractivity (Wildman–Crippen MR) is 73.0 cm³/mol. The van der Waals surface area contributed by atoms with Gasteiger partial charge in [-0.25, -0.2) is 0 Å². The van der Waals surface area contributed by atoms with E-state index >= 15 is 0 Å². The SMILES string of the molecule is CC(CC(N)=NO)Nc1cc(Br)ccc1Br. The van der Waals surface area contributed by atoms with Crippen LogP contribution in [0.25, 0.3) is 0 Å². The zero-order valence-electron chi connectivity index (χ0n) is 8.74. The third-order valence-corrected chi connectivity index (χ3v) is 3.16. The molecule has 0 radical (unpaired) electrons. The minimum absolute atomic E-state index is 0.0847. The summed E-state index contributed by atoms with van der Waals surface area (Å²) in [4.78, 5) is 0. The summed E-state index contributed by atoms with van der Waals surface area (Å²) in [5, 5.41) is 14.7. The molecule has 1 rings (SSSR count). The van der Waals surface area contributed by atoms with Gasteiger partial charge in [0.1, 0.15) is 5.84 Å². The van der Waals surface area contributed by atoms with E-state index in [1.165, 1.54) is 0 Å². The molecule has 0 aliphatic heterocycles. The lowest BCUT2D eigenvalue weighted by atomic mass is 10.2. The van der Waals surface area contributed by atoms with Gasteiger partial charge in [0.2, 0.25) is 0 Å². The fraction of sp³-hybridized carbons (Fsp3) is 0.300. The maximum Gasteiger partial charge on any atom is 0.141 e. The first-order valence-corrected chi connectivity index (χ1v) is 6.29. The first-order valence-electron chi connectivity index (χ1n) is 4.71. The third-order valence-electron chi connectivity index (χ3n) is 1.97. The molecule has 0 saturated heterocycles. The van der Waals surface area contributed by atoms with Gasteiger partial charge in [0, 0.05) is 27.1 Å². The second-order valence-electron chi connectivity index (χ2n) is 3.47. The Hall–Kier alpha value is -0.750.